The first-order valence-corrected chi connectivity index (χ1v) is 0.697. The molecule has 0 spiro atoms. The van der Waals surface area contributed by atoms with E-state index in [2.05, 4.69) is 0 Å². The quantitative estimate of drug-likeness (QED) is 0.369. The SMILES string of the molecule is N#CC#N.[Na]. The minimum Gasteiger partial charge on any atom is -0.181 e. The molecule has 0 bridgehead atoms. The van der Waals surface area contributed by atoms with Crippen molar-refractivity contribution < 1.29 is 0 Å². The number of hydrogen-bond acceptors (Lipinski definition) is 2. The third-order valence-electron chi connectivity index (χ3n) is 0.0500. The summed E-state index contributed by atoms with van der Waals surface area (Å²) < 4.78 is 0. The van der Waals surface area contributed by atoms with E-state index in [1.54, 1.807) is 0 Å². The van der Waals surface area contributed by atoms with Crippen molar-refractivity contribution in [3.05, 3.63) is 0 Å². The molecule has 0 saturated heterocycles. The van der Waals surface area contributed by atoms with Gasteiger partial charge >= 0.3 is 0 Å². The molecule has 0 atom stereocenters. The van der Waals surface area contributed by atoms with Crippen LogP contribution in [0.4, 0.5) is 0 Å². The third kappa shape index (κ3) is 16.2. The molecular formula is C2N2Na. The fourth-order valence-corrected chi connectivity index (χ4v) is 0. The molecule has 0 rings (SSSR count). The summed E-state index contributed by atoms with van der Waals surface area (Å²) in [5, 5.41) is 14.5. The molecule has 0 aromatic carbocycles. The zero-order chi connectivity index (χ0) is 3.41. The zero-order valence-corrected chi connectivity index (χ0v) is 4.89. The van der Waals surface area contributed by atoms with Crippen LogP contribution >= 0.6 is 0 Å². The van der Waals surface area contributed by atoms with Gasteiger partial charge in [-0.15, -0.1) is 0 Å². The first-order chi connectivity index (χ1) is 1.91. The summed E-state index contributed by atoms with van der Waals surface area (Å²) in [5.41, 5.74) is 0. The first-order valence-electron chi connectivity index (χ1n) is 0.697. The Morgan fingerprint density at radius 3 is 1.20 bits per heavy atom. The predicted octanol–water partition coefficient (Wildman–Crippen LogP) is -0.347. The zero-order valence-electron chi connectivity index (χ0n) is 2.89. The van der Waals surface area contributed by atoms with Gasteiger partial charge in [0, 0.05) is 29.6 Å². The van der Waals surface area contributed by atoms with Crippen LogP contribution in [0, 0.1) is 22.7 Å². The molecule has 0 aliphatic carbocycles. The first kappa shape index (κ1) is 8.88. The molecule has 0 fully saturated rings. The summed E-state index contributed by atoms with van der Waals surface area (Å²) in [6.45, 7) is 0. The van der Waals surface area contributed by atoms with Crippen LogP contribution in [0.3, 0.4) is 0 Å². The number of nitriles is 2. The largest absolute Gasteiger partial charge is 0.181 e. The van der Waals surface area contributed by atoms with E-state index < -0.39 is 0 Å². The molecule has 5 heavy (non-hydrogen) atoms. The van der Waals surface area contributed by atoms with Gasteiger partial charge in [-0.2, -0.15) is 10.5 Å². The van der Waals surface area contributed by atoms with Crippen LogP contribution in [-0.2, 0) is 0 Å². The molecule has 0 aromatic rings. The fraction of sp³-hybridized carbons (Fsp3) is 0. The number of hydrogen-bond donors (Lipinski definition) is 0. The molecule has 0 heterocycles. The summed E-state index contributed by atoms with van der Waals surface area (Å²) in [6.07, 6.45) is 0. The molecule has 1 radical (unpaired) electrons. The van der Waals surface area contributed by atoms with E-state index in [9.17, 15) is 0 Å². The van der Waals surface area contributed by atoms with Crippen LogP contribution in [-0.4, -0.2) is 29.6 Å². The fourth-order valence-electron chi connectivity index (χ4n) is 0. The normalized spacial score (nSPS) is 2.00. The van der Waals surface area contributed by atoms with Crippen LogP contribution in [0.5, 0.6) is 0 Å². The molecule has 2 nitrogen and oxygen atoms in total. The molecule has 0 aliphatic rings. The second-order valence-corrected chi connectivity index (χ2v) is 0.224. The van der Waals surface area contributed by atoms with Crippen LogP contribution in [0.15, 0.2) is 0 Å². The van der Waals surface area contributed by atoms with Crippen molar-refractivity contribution in [2.75, 3.05) is 0 Å². The maximum Gasteiger partial charge on any atom is 0.181 e. The summed E-state index contributed by atoms with van der Waals surface area (Å²) in [5.74, 6) is 0. The average Bonchev–Trinajstić information content (AvgIpc) is 1.37. The van der Waals surface area contributed by atoms with Gasteiger partial charge in [0.15, 0.2) is 12.1 Å². The van der Waals surface area contributed by atoms with E-state index in [4.69, 9.17) is 10.5 Å². The molecule has 0 aromatic heterocycles. The maximum absolute atomic E-state index is 7.26. The Labute approximate surface area is 52.3 Å². The summed E-state index contributed by atoms with van der Waals surface area (Å²) in [6, 6.07) is 2.47. The maximum atomic E-state index is 7.26. The topological polar surface area (TPSA) is 47.6 Å². The molecular weight excluding hydrogens is 75.0 g/mol. The van der Waals surface area contributed by atoms with Crippen LogP contribution < -0.4 is 0 Å². The van der Waals surface area contributed by atoms with Gasteiger partial charge in [-0.25, -0.2) is 0 Å². The second-order valence-electron chi connectivity index (χ2n) is 0.224. The van der Waals surface area contributed by atoms with Crippen molar-refractivity contribution in [1.82, 2.24) is 0 Å². The summed E-state index contributed by atoms with van der Waals surface area (Å²) >= 11 is 0. The van der Waals surface area contributed by atoms with E-state index in [-0.39, 0.29) is 29.6 Å². The predicted molar refractivity (Wildman–Crippen MR) is 17.0 cm³/mol. The monoisotopic (exact) mass is 75.0 g/mol. The molecule has 0 N–H and O–H groups in total. The van der Waals surface area contributed by atoms with Gasteiger partial charge in [-0.05, 0) is 0 Å². The van der Waals surface area contributed by atoms with Crippen molar-refractivity contribution in [2.45, 2.75) is 0 Å². The second kappa shape index (κ2) is 9.02. The molecule has 19 valence electrons. The van der Waals surface area contributed by atoms with Gasteiger partial charge in [-0.1, -0.05) is 0 Å². The molecule has 0 unspecified atom stereocenters. The van der Waals surface area contributed by atoms with Crippen molar-refractivity contribution in [2.24, 2.45) is 0 Å². The van der Waals surface area contributed by atoms with Gasteiger partial charge in [0.05, 0.1) is 0 Å². The molecule has 3 heteroatoms. The Kier molecular flexibility index (Phi) is 16.0. The van der Waals surface area contributed by atoms with E-state index in [0.717, 1.165) is 0 Å². The Morgan fingerprint density at radius 2 is 1.20 bits per heavy atom. The number of nitrogens with zero attached hydrogens (tertiary/aromatic N) is 2. The Morgan fingerprint density at radius 1 is 1.00 bits per heavy atom. The van der Waals surface area contributed by atoms with Gasteiger partial charge in [-0.3, -0.25) is 0 Å². The van der Waals surface area contributed by atoms with Crippen molar-refractivity contribution >= 4 is 29.6 Å². The van der Waals surface area contributed by atoms with E-state index >= 15 is 0 Å². The van der Waals surface area contributed by atoms with Gasteiger partial charge < -0.3 is 0 Å². The van der Waals surface area contributed by atoms with Crippen molar-refractivity contribution in [3.8, 4) is 12.1 Å². The Hall–Kier alpha value is -0.0200. The standard InChI is InChI=1S/C2N2.Na/c3-1-2-4;. The van der Waals surface area contributed by atoms with Crippen LogP contribution in [0.1, 0.15) is 0 Å². The van der Waals surface area contributed by atoms with Gasteiger partial charge in [0.2, 0.25) is 0 Å². The van der Waals surface area contributed by atoms with E-state index in [1.165, 1.54) is 12.1 Å². The third-order valence-corrected chi connectivity index (χ3v) is 0.0500. The van der Waals surface area contributed by atoms with Crippen LogP contribution in [0.25, 0.3) is 0 Å². The van der Waals surface area contributed by atoms with Crippen LogP contribution in [0.2, 0.25) is 0 Å². The number of rotatable bonds is 0. The Bertz CT molecular complexity index is 62.6. The average molecular weight is 75.0 g/mol. The Balaban J connectivity index is 0. The van der Waals surface area contributed by atoms with E-state index in [1.807, 2.05) is 0 Å². The molecule has 0 aliphatic heterocycles. The minimum atomic E-state index is 0. The van der Waals surface area contributed by atoms with Crippen molar-refractivity contribution in [3.63, 3.8) is 0 Å². The minimum absolute atomic E-state index is 0. The molecule has 0 saturated carbocycles. The summed E-state index contributed by atoms with van der Waals surface area (Å²) in [4.78, 5) is 0. The molecule has 0 amide bonds. The van der Waals surface area contributed by atoms with E-state index in [0.29, 0.717) is 0 Å². The van der Waals surface area contributed by atoms with Crippen molar-refractivity contribution in [1.29, 1.82) is 10.5 Å². The van der Waals surface area contributed by atoms with Gasteiger partial charge in [0.1, 0.15) is 0 Å². The van der Waals surface area contributed by atoms with Gasteiger partial charge in [0.25, 0.3) is 0 Å². The smallest absolute Gasteiger partial charge is 0.181 e. The summed E-state index contributed by atoms with van der Waals surface area (Å²) in [7, 11) is 0.